The van der Waals surface area contributed by atoms with Crippen LogP contribution in [-0.2, 0) is 4.79 Å². The Labute approximate surface area is 178 Å². The first kappa shape index (κ1) is 18.9. The highest BCUT2D eigenvalue weighted by Crippen LogP contribution is 2.38. The molecule has 2 aliphatic rings. The maximum Gasteiger partial charge on any atom is 0.246 e. The van der Waals surface area contributed by atoms with E-state index in [1.807, 2.05) is 39.8 Å². The molecule has 2 aromatic heterocycles. The van der Waals surface area contributed by atoms with Gasteiger partial charge in [-0.2, -0.15) is 0 Å². The first-order chi connectivity index (χ1) is 14.7. The van der Waals surface area contributed by atoms with Crippen molar-refractivity contribution in [1.82, 2.24) is 19.5 Å². The van der Waals surface area contributed by atoms with Gasteiger partial charge in [-0.05, 0) is 48.7 Å². The van der Waals surface area contributed by atoms with Crippen molar-refractivity contribution in [2.24, 2.45) is 0 Å². The summed E-state index contributed by atoms with van der Waals surface area (Å²) >= 11 is 6.29. The second-order valence-electron chi connectivity index (χ2n) is 7.47. The van der Waals surface area contributed by atoms with Crippen LogP contribution in [0.2, 0.25) is 5.02 Å². The third-order valence-corrected chi connectivity index (χ3v) is 5.76. The van der Waals surface area contributed by atoms with Gasteiger partial charge in [0, 0.05) is 31.3 Å². The largest absolute Gasteiger partial charge is 0.486 e. The number of piperidine rings is 1. The Morgan fingerprint density at radius 1 is 1.20 bits per heavy atom. The normalized spacial score (nSPS) is 18.8. The molecule has 1 fully saturated rings. The Hall–Kier alpha value is -3.06. The fourth-order valence-electron chi connectivity index (χ4n) is 4.03. The molecule has 0 N–H and O–H groups in total. The van der Waals surface area contributed by atoms with Crippen molar-refractivity contribution in [3.8, 4) is 11.5 Å². The van der Waals surface area contributed by atoms with Gasteiger partial charge in [0.2, 0.25) is 5.91 Å². The van der Waals surface area contributed by atoms with Crippen LogP contribution in [0.3, 0.4) is 0 Å². The van der Waals surface area contributed by atoms with Gasteiger partial charge in [0.05, 0.1) is 5.02 Å². The number of carbonyl (C=O) groups excluding carboxylic acids is 1. The third kappa shape index (κ3) is 3.61. The second kappa shape index (κ2) is 7.99. The molecule has 7 nitrogen and oxygen atoms in total. The van der Waals surface area contributed by atoms with Gasteiger partial charge in [0.1, 0.15) is 19.0 Å². The molecule has 1 atom stereocenters. The SMILES string of the molecule is O=C(C=Cc1cc(Cl)c2c(c1)OCCO2)N1CCCC(c2nnc3ccccn23)C1. The summed E-state index contributed by atoms with van der Waals surface area (Å²) in [6.07, 6.45) is 7.24. The van der Waals surface area contributed by atoms with Crippen molar-refractivity contribution >= 4 is 29.2 Å². The molecule has 3 aromatic rings. The number of pyridine rings is 1. The number of carbonyl (C=O) groups is 1. The van der Waals surface area contributed by atoms with Crippen molar-refractivity contribution in [2.45, 2.75) is 18.8 Å². The van der Waals surface area contributed by atoms with Gasteiger partial charge >= 0.3 is 0 Å². The molecule has 0 radical (unpaired) electrons. The summed E-state index contributed by atoms with van der Waals surface area (Å²) in [5.41, 5.74) is 1.63. The Balaban J connectivity index is 1.31. The first-order valence-electron chi connectivity index (χ1n) is 10.0. The number of halogens is 1. The maximum absolute atomic E-state index is 12.8. The number of benzene rings is 1. The van der Waals surface area contributed by atoms with E-state index in [1.54, 1.807) is 18.2 Å². The van der Waals surface area contributed by atoms with Crippen molar-refractivity contribution in [3.63, 3.8) is 0 Å². The molecular formula is C22H21ClN4O3. The number of fused-ring (bicyclic) bond motifs is 2. The molecular weight excluding hydrogens is 404 g/mol. The Morgan fingerprint density at radius 2 is 2.10 bits per heavy atom. The Morgan fingerprint density at radius 3 is 3.03 bits per heavy atom. The predicted octanol–water partition coefficient (Wildman–Crippen LogP) is 3.57. The smallest absolute Gasteiger partial charge is 0.246 e. The maximum atomic E-state index is 12.8. The van der Waals surface area contributed by atoms with E-state index >= 15 is 0 Å². The van der Waals surface area contributed by atoms with Gasteiger partial charge in [0.15, 0.2) is 17.1 Å². The van der Waals surface area contributed by atoms with E-state index in [2.05, 4.69) is 10.2 Å². The van der Waals surface area contributed by atoms with Gasteiger partial charge in [-0.25, -0.2) is 0 Å². The summed E-state index contributed by atoms with van der Waals surface area (Å²) in [6.45, 7) is 2.33. The average molecular weight is 425 g/mol. The molecule has 154 valence electrons. The molecule has 1 saturated heterocycles. The lowest BCUT2D eigenvalue weighted by molar-refractivity contribution is -0.127. The Bertz CT molecular complexity index is 1130. The van der Waals surface area contributed by atoms with Gasteiger partial charge in [-0.15, -0.1) is 10.2 Å². The summed E-state index contributed by atoms with van der Waals surface area (Å²) in [6, 6.07) is 9.46. The molecule has 30 heavy (non-hydrogen) atoms. The minimum atomic E-state index is -0.0282. The van der Waals surface area contributed by atoms with Crippen LogP contribution in [0.25, 0.3) is 11.7 Å². The van der Waals surface area contributed by atoms with Crippen LogP contribution in [0, 0.1) is 0 Å². The highest BCUT2D eigenvalue weighted by Gasteiger charge is 2.27. The molecule has 8 heteroatoms. The fourth-order valence-corrected chi connectivity index (χ4v) is 4.30. The average Bonchev–Trinajstić information content (AvgIpc) is 3.22. The number of ether oxygens (including phenoxy) is 2. The van der Waals surface area contributed by atoms with Crippen molar-refractivity contribution in [2.75, 3.05) is 26.3 Å². The van der Waals surface area contributed by atoms with Crippen molar-refractivity contribution in [1.29, 1.82) is 0 Å². The number of likely N-dealkylation sites (tertiary alicyclic amines) is 1. The molecule has 1 amide bonds. The highest BCUT2D eigenvalue weighted by atomic mass is 35.5. The zero-order valence-corrected chi connectivity index (χ0v) is 17.1. The van der Waals surface area contributed by atoms with Crippen LogP contribution in [0.4, 0.5) is 0 Å². The zero-order chi connectivity index (χ0) is 20.5. The van der Waals surface area contributed by atoms with E-state index < -0.39 is 0 Å². The fraction of sp³-hybridized carbons (Fsp3) is 0.318. The molecule has 1 aromatic carbocycles. The molecule has 0 aliphatic carbocycles. The van der Waals surface area contributed by atoms with Crippen molar-refractivity contribution in [3.05, 3.63) is 59.0 Å². The van der Waals surface area contributed by atoms with Crippen molar-refractivity contribution < 1.29 is 14.3 Å². The number of hydrogen-bond donors (Lipinski definition) is 0. The lowest BCUT2D eigenvalue weighted by Crippen LogP contribution is -2.38. The third-order valence-electron chi connectivity index (χ3n) is 5.48. The summed E-state index contributed by atoms with van der Waals surface area (Å²) < 4.78 is 13.1. The van der Waals surface area contributed by atoms with Crippen LogP contribution in [0.15, 0.2) is 42.6 Å². The topological polar surface area (TPSA) is 69.0 Å². The number of hydrogen-bond acceptors (Lipinski definition) is 5. The molecule has 1 unspecified atom stereocenters. The van der Waals surface area contributed by atoms with Gasteiger partial charge < -0.3 is 14.4 Å². The number of amides is 1. The summed E-state index contributed by atoms with van der Waals surface area (Å²) in [7, 11) is 0. The van der Waals surface area contributed by atoms with Gasteiger partial charge in [-0.3, -0.25) is 9.20 Å². The van der Waals surface area contributed by atoms with Gasteiger partial charge in [-0.1, -0.05) is 17.7 Å². The number of aromatic nitrogens is 3. The summed E-state index contributed by atoms with van der Waals surface area (Å²) in [4.78, 5) is 14.7. The quantitative estimate of drug-likeness (QED) is 0.601. The van der Waals surface area contributed by atoms with E-state index in [1.165, 1.54) is 0 Å². The summed E-state index contributed by atoms with van der Waals surface area (Å²) in [5.74, 6) is 2.21. The lowest BCUT2D eigenvalue weighted by atomic mass is 9.97. The zero-order valence-electron chi connectivity index (χ0n) is 16.3. The molecule has 5 rings (SSSR count). The monoisotopic (exact) mass is 424 g/mol. The first-order valence-corrected chi connectivity index (χ1v) is 10.4. The lowest BCUT2D eigenvalue weighted by Gasteiger charge is -2.31. The minimum absolute atomic E-state index is 0.0282. The summed E-state index contributed by atoms with van der Waals surface area (Å²) in [5, 5.41) is 9.10. The molecule has 0 bridgehead atoms. The van der Waals surface area contributed by atoms with E-state index in [-0.39, 0.29) is 11.8 Å². The molecule has 4 heterocycles. The predicted molar refractivity (Wildman–Crippen MR) is 113 cm³/mol. The van der Waals surface area contributed by atoms with Crippen LogP contribution in [0.5, 0.6) is 11.5 Å². The minimum Gasteiger partial charge on any atom is -0.486 e. The van der Waals surface area contributed by atoms with Crippen LogP contribution >= 0.6 is 11.6 Å². The van der Waals surface area contributed by atoms with E-state index in [0.29, 0.717) is 36.3 Å². The van der Waals surface area contributed by atoms with E-state index in [4.69, 9.17) is 21.1 Å². The van der Waals surface area contributed by atoms with Crippen LogP contribution in [-0.4, -0.2) is 51.7 Å². The van der Waals surface area contributed by atoms with Crippen LogP contribution in [0.1, 0.15) is 30.1 Å². The highest BCUT2D eigenvalue weighted by molar-refractivity contribution is 6.32. The molecule has 0 saturated carbocycles. The second-order valence-corrected chi connectivity index (χ2v) is 7.88. The Kier molecular flexibility index (Phi) is 5.04. The van der Waals surface area contributed by atoms with E-state index in [9.17, 15) is 4.79 Å². The van der Waals surface area contributed by atoms with Gasteiger partial charge in [0.25, 0.3) is 0 Å². The van der Waals surface area contributed by atoms with Crippen LogP contribution < -0.4 is 9.47 Å². The molecule has 2 aliphatic heterocycles. The molecule has 0 spiro atoms. The van der Waals surface area contributed by atoms with E-state index in [0.717, 1.165) is 36.4 Å². The standard InChI is InChI=1S/C22H21ClN4O3/c23-17-12-15(13-18-21(17)30-11-10-29-18)6-7-20(28)26-8-3-4-16(14-26)22-25-24-19-5-1-2-9-27(19)22/h1-2,5-7,9,12-13,16H,3-4,8,10-11,14H2. The number of nitrogens with zero attached hydrogens (tertiary/aromatic N) is 4. The number of rotatable bonds is 3.